The summed E-state index contributed by atoms with van der Waals surface area (Å²) in [5, 5.41) is 10.1. The summed E-state index contributed by atoms with van der Waals surface area (Å²) in [6.45, 7) is 6.49. The predicted molar refractivity (Wildman–Crippen MR) is 92.5 cm³/mol. The van der Waals surface area contributed by atoms with Crippen molar-refractivity contribution < 1.29 is 0 Å². The van der Waals surface area contributed by atoms with E-state index in [1.54, 1.807) is 23.5 Å². The van der Waals surface area contributed by atoms with E-state index in [0.29, 0.717) is 0 Å². The van der Waals surface area contributed by atoms with Gasteiger partial charge in [0.1, 0.15) is 5.82 Å². The Morgan fingerprint density at radius 2 is 2.00 bits per heavy atom. The average Bonchev–Trinajstić information content (AvgIpc) is 2.82. The summed E-state index contributed by atoms with van der Waals surface area (Å²) in [6, 6.07) is 7.96. The topological polar surface area (TPSA) is 30.7 Å². The van der Waals surface area contributed by atoms with E-state index in [1.807, 2.05) is 31.2 Å². The summed E-state index contributed by atoms with van der Waals surface area (Å²) in [5.41, 5.74) is 0. The van der Waals surface area contributed by atoms with Crippen LogP contribution in [0.3, 0.4) is 0 Å². The summed E-state index contributed by atoms with van der Waals surface area (Å²) in [7, 11) is 0. The van der Waals surface area contributed by atoms with Gasteiger partial charge in [-0.25, -0.2) is 0 Å². The van der Waals surface area contributed by atoms with E-state index in [2.05, 4.69) is 27.4 Å². The van der Waals surface area contributed by atoms with Crippen LogP contribution in [0.5, 0.6) is 0 Å². The largest absolute Gasteiger partial charge is 0.302 e. The van der Waals surface area contributed by atoms with Crippen molar-refractivity contribution in [2.75, 3.05) is 11.5 Å². The molecule has 2 aromatic rings. The normalized spacial score (nSPS) is 10.8. The second-order valence-corrected chi connectivity index (χ2v) is 7.02. The molecular formula is C15H18ClN3S2. The maximum atomic E-state index is 6.13. The minimum absolute atomic E-state index is 0.759. The monoisotopic (exact) mass is 339 g/mol. The second kappa shape index (κ2) is 8.51. The molecule has 6 heteroatoms. The lowest BCUT2D eigenvalue weighted by Crippen LogP contribution is -2.00. The molecule has 0 saturated carbocycles. The molecule has 0 unspecified atom stereocenters. The molecule has 0 bridgehead atoms. The van der Waals surface area contributed by atoms with E-state index in [0.717, 1.165) is 45.4 Å². The van der Waals surface area contributed by atoms with Crippen LogP contribution in [-0.2, 0) is 6.54 Å². The molecule has 0 N–H and O–H groups in total. The lowest BCUT2D eigenvalue weighted by atomic mass is 10.4. The molecule has 1 heterocycles. The zero-order chi connectivity index (χ0) is 15.1. The number of nitrogens with zero attached hydrogens (tertiary/aromatic N) is 3. The van der Waals surface area contributed by atoms with Crippen molar-refractivity contribution in [2.45, 2.75) is 29.9 Å². The number of halogens is 1. The molecule has 1 aromatic carbocycles. The highest BCUT2D eigenvalue weighted by molar-refractivity contribution is 8.00. The number of aromatic nitrogens is 3. The number of allylic oxidation sites excluding steroid dienone is 1. The standard InChI is InChI=1S/C15H18ClN3S2/c1-3-9-19-12(2)17-18-15(19)21-11-6-10-20-14-8-5-4-7-13(14)16/h3-5,7-8H,1,6,9-11H2,2H3. The Morgan fingerprint density at radius 3 is 2.76 bits per heavy atom. The van der Waals surface area contributed by atoms with Crippen LogP contribution >= 0.6 is 35.1 Å². The summed E-state index contributed by atoms with van der Waals surface area (Å²) >= 11 is 9.67. The molecular weight excluding hydrogens is 322 g/mol. The van der Waals surface area contributed by atoms with Gasteiger partial charge in [0.15, 0.2) is 5.16 Å². The molecule has 0 saturated heterocycles. The number of hydrogen-bond acceptors (Lipinski definition) is 4. The van der Waals surface area contributed by atoms with Crippen molar-refractivity contribution in [1.82, 2.24) is 14.8 Å². The van der Waals surface area contributed by atoms with Crippen molar-refractivity contribution in [1.29, 1.82) is 0 Å². The molecule has 1 aromatic heterocycles. The van der Waals surface area contributed by atoms with Crippen molar-refractivity contribution in [3.63, 3.8) is 0 Å². The Hall–Kier alpha value is -0.910. The van der Waals surface area contributed by atoms with Crippen molar-refractivity contribution in [3.8, 4) is 0 Å². The van der Waals surface area contributed by atoms with E-state index >= 15 is 0 Å². The third-order valence-electron chi connectivity index (χ3n) is 2.83. The van der Waals surface area contributed by atoms with Crippen molar-refractivity contribution >= 4 is 35.1 Å². The Balaban J connectivity index is 1.75. The molecule has 0 amide bonds. The minimum Gasteiger partial charge on any atom is -0.302 e. The molecule has 112 valence electrons. The lowest BCUT2D eigenvalue weighted by Gasteiger charge is -2.05. The first-order valence-electron chi connectivity index (χ1n) is 6.73. The van der Waals surface area contributed by atoms with E-state index in [4.69, 9.17) is 11.6 Å². The Kier molecular flexibility index (Phi) is 6.67. The number of aryl methyl sites for hydroxylation is 1. The molecule has 21 heavy (non-hydrogen) atoms. The van der Waals surface area contributed by atoms with Gasteiger partial charge in [-0.05, 0) is 31.2 Å². The van der Waals surface area contributed by atoms with Gasteiger partial charge < -0.3 is 4.57 Å². The van der Waals surface area contributed by atoms with Gasteiger partial charge in [0.25, 0.3) is 0 Å². The van der Waals surface area contributed by atoms with E-state index in [1.165, 1.54) is 0 Å². The molecule has 0 aliphatic heterocycles. The van der Waals surface area contributed by atoms with E-state index < -0.39 is 0 Å². The maximum absolute atomic E-state index is 6.13. The summed E-state index contributed by atoms with van der Waals surface area (Å²) < 4.78 is 2.08. The van der Waals surface area contributed by atoms with Crippen LogP contribution in [-0.4, -0.2) is 26.3 Å². The molecule has 0 aliphatic carbocycles. The van der Waals surface area contributed by atoms with Crippen LogP contribution < -0.4 is 0 Å². The van der Waals surface area contributed by atoms with Crippen LogP contribution in [0.15, 0.2) is 47.0 Å². The first kappa shape index (κ1) is 16.5. The third-order valence-corrected chi connectivity index (χ3v) is 5.48. The van der Waals surface area contributed by atoms with Gasteiger partial charge in [-0.15, -0.1) is 28.5 Å². The van der Waals surface area contributed by atoms with Crippen LogP contribution in [0, 0.1) is 6.92 Å². The number of thioether (sulfide) groups is 2. The molecule has 0 spiro atoms. The molecule has 0 atom stereocenters. The molecule has 2 rings (SSSR count). The van der Waals surface area contributed by atoms with Crippen LogP contribution in [0.2, 0.25) is 5.02 Å². The fraction of sp³-hybridized carbons (Fsp3) is 0.333. The second-order valence-electron chi connectivity index (χ2n) is 4.41. The number of rotatable bonds is 8. The van der Waals surface area contributed by atoms with Gasteiger partial charge in [-0.2, -0.15) is 0 Å². The number of hydrogen-bond donors (Lipinski definition) is 0. The van der Waals surface area contributed by atoms with Gasteiger partial charge in [0.05, 0.1) is 5.02 Å². The molecule has 0 radical (unpaired) electrons. The minimum atomic E-state index is 0.759. The molecule has 0 aliphatic rings. The Labute approximate surface area is 139 Å². The van der Waals surface area contributed by atoms with Gasteiger partial charge in [-0.1, -0.05) is 41.6 Å². The Bertz CT molecular complexity index is 598. The van der Waals surface area contributed by atoms with Crippen LogP contribution in [0.1, 0.15) is 12.2 Å². The smallest absolute Gasteiger partial charge is 0.191 e. The highest BCUT2D eigenvalue weighted by Gasteiger charge is 2.07. The van der Waals surface area contributed by atoms with Crippen molar-refractivity contribution in [3.05, 3.63) is 47.8 Å². The lowest BCUT2D eigenvalue weighted by molar-refractivity contribution is 0.703. The van der Waals surface area contributed by atoms with Gasteiger partial charge in [-0.3, -0.25) is 0 Å². The van der Waals surface area contributed by atoms with E-state index in [9.17, 15) is 0 Å². The molecule has 0 fully saturated rings. The first-order chi connectivity index (χ1) is 10.2. The van der Waals surface area contributed by atoms with E-state index in [-0.39, 0.29) is 0 Å². The zero-order valence-electron chi connectivity index (χ0n) is 12.0. The fourth-order valence-corrected chi connectivity index (χ4v) is 4.08. The predicted octanol–water partition coefficient (Wildman–Crippen LogP) is 4.70. The Morgan fingerprint density at radius 1 is 1.24 bits per heavy atom. The molecule has 3 nitrogen and oxygen atoms in total. The third kappa shape index (κ3) is 4.80. The van der Waals surface area contributed by atoms with Crippen molar-refractivity contribution in [2.24, 2.45) is 0 Å². The summed E-state index contributed by atoms with van der Waals surface area (Å²) in [5.74, 6) is 3.00. The zero-order valence-corrected chi connectivity index (χ0v) is 14.3. The van der Waals surface area contributed by atoms with Gasteiger partial charge in [0.2, 0.25) is 0 Å². The fourth-order valence-electron chi connectivity index (χ4n) is 1.77. The van der Waals surface area contributed by atoms with Crippen LogP contribution in [0.25, 0.3) is 0 Å². The first-order valence-corrected chi connectivity index (χ1v) is 9.08. The SMILES string of the molecule is C=CCn1c(C)nnc1SCCCSc1ccccc1Cl. The summed E-state index contributed by atoms with van der Waals surface area (Å²) in [4.78, 5) is 1.15. The highest BCUT2D eigenvalue weighted by atomic mass is 35.5. The maximum Gasteiger partial charge on any atom is 0.191 e. The quantitative estimate of drug-likeness (QED) is 0.396. The number of benzene rings is 1. The van der Waals surface area contributed by atoms with Crippen LogP contribution in [0.4, 0.5) is 0 Å². The van der Waals surface area contributed by atoms with Gasteiger partial charge >= 0.3 is 0 Å². The average molecular weight is 340 g/mol. The highest BCUT2D eigenvalue weighted by Crippen LogP contribution is 2.27. The van der Waals surface area contributed by atoms with Gasteiger partial charge in [0, 0.05) is 17.2 Å². The summed E-state index contributed by atoms with van der Waals surface area (Å²) in [6.07, 6.45) is 2.97.